The second kappa shape index (κ2) is 10.1. The van der Waals surface area contributed by atoms with Crippen molar-refractivity contribution in [3.05, 3.63) is 81.4 Å². The molecule has 2 saturated carbocycles. The fourth-order valence-electron chi connectivity index (χ4n) is 5.88. The van der Waals surface area contributed by atoms with E-state index in [1.54, 1.807) is 61.0 Å². The summed E-state index contributed by atoms with van der Waals surface area (Å²) in [5.41, 5.74) is -1.37. The average molecular weight is 646 g/mol. The first-order chi connectivity index (χ1) is 21.5. The van der Waals surface area contributed by atoms with Crippen LogP contribution in [-0.2, 0) is 34.1 Å². The number of nitrogens with one attached hydrogen (secondary N) is 2. The Bertz CT molecular complexity index is 1920. The molecule has 3 heterocycles. The highest BCUT2D eigenvalue weighted by Crippen LogP contribution is 2.47. The molecule has 13 nitrogen and oxygen atoms in total. The van der Waals surface area contributed by atoms with Crippen molar-refractivity contribution >= 4 is 52.6 Å². The zero-order valence-electron chi connectivity index (χ0n) is 24.2. The summed E-state index contributed by atoms with van der Waals surface area (Å²) in [6.45, 7) is 1.73. The molecule has 45 heavy (non-hydrogen) atoms. The molecule has 2 fully saturated rings. The van der Waals surface area contributed by atoms with Gasteiger partial charge in [-0.25, -0.2) is 9.88 Å². The van der Waals surface area contributed by atoms with Crippen molar-refractivity contribution in [2.24, 2.45) is 7.05 Å². The Labute approximate surface area is 267 Å². The number of aromatic nitrogens is 6. The topological polar surface area (TPSA) is 164 Å². The minimum absolute atomic E-state index is 0.112. The molecule has 1 atom stereocenters. The maximum Gasteiger partial charge on any atom is 0.270 e. The number of carbonyl (C=O) groups is 3. The number of carbonyl (C=O) groups excluding carboxylic acids is 3. The molecule has 3 aliphatic rings. The predicted molar refractivity (Wildman–Crippen MR) is 162 cm³/mol. The number of aryl methyl sites for hydroxylation is 1. The number of fused-ring (bicyclic) bond motifs is 1. The van der Waals surface area contributed by atoms with Gasteiger partial charge in [-0.15, -0.1) is 10.2 Å². The Morgan fingerprint density at radius 1 is 1.04 bits per heavy atom. The van der Waals surface area contributed by atoms with Gasteiger partial charge in [0.25, 0.3) is 11.8 Å². The summed E-state index contributed by atoms with van der Waals surface area (Å²) in [4.78, 5) is 49.0. The Balaban J connectivity index is 1.22. The van der Waals surface area contributed by atoms with Gasteiger partial charge in [0, 0.05) is 16.5 Å². The molecule has 0 radical (unpaired) electrons. The first-order valence-electron chi connectivity index (χ1n) is 14.2. The number of hydrogen-bond donors (Lipinski definition) is 2. The maximum absolute atomic E-state index is 14.3. The summed E-state index contributed by atoms with van der Waals surface area (Å²) in [6, 6.07) is 13.7. The monoisotopic (exact) mass is 644 g/mol. The van der Waals surface area contributed by atoms with Crippen molar-refractivity contribution in [1.82, 2.24) is 40.4 Å². The summed E-state index contributed by atoms with van der Waals surface area (Å²) in [5.74, 6) is -0.581. The number of nitriles is 1. The third-order valence-electron chi connectivity index (χ3n) is 8.65. The zero-order chi connectivity index (χ0) is 31.7. The van der Waals surface area contributed by atoms with Crippen molar-refractivity contribution in [2.45, 2.75) is 55.6 Å². The number of benzene rings is 2. The smallest absolute Gasteiger partial charge is 0.270 e. The molecular formula is C30H26Cl2N10O3. The molecule has 7 rings (SSSR count). The van der Waals surface area contributed by atoms with Crippen LogP contribution in [0.25, 0.3) is 0 Å². The molecule has 0 saturated heterocycles. The largest absolute Gasteiger partial charge is 0.341 e. The number of hydrogen-bond acceptors (Lipinski definition) is 8. The van der Waals surface area contributed by atoms with Gasteiger partial charge in [0.05, 0.1) is 30.6 Å². The number of nitrogens with zero attached hydrogens (tertiary/aromatic N) is 8. The first-order valence-corrected chi connectivity index (χ1v) is 15.0. The van der Waals surface area contributed by atoms with Gasteiger partial charge < -0.3 is 10.6 Å². The maximum atomic E-state index is 14.3. The van der Waals surface area contributed by atoms with Crippen molar-refractivity contribution in [3.8, 4) is 6.07 Å². The lowest BCUT2D eigenvalue weighted by molar-refractivity contribution is -0.125. The standard InChI is InChI=1S/C30H26Cl2N10O3/c1-28(14-17-3-5-18(15-33)6-4-17)26(45)41(21-12-19(31)11-20(32)13-21)27-34-16-22(42(27)28)23(43)35-30(9-10-30)25(44)36-29(7-8-29)24-37-39-40(2)38-24/h3-6,11-13,16H,7-10,14H2,1-2H3,(H,35,43)(H,36,44)/t28-/m1/s1. The van der Waals surface area contributed by atoms with E-state index in [-0.39, 0.29) is 29.9 Å². The van der Waals surface area contributed by atoms with Crippen LogP contribution in [0.3, 0.4) is 0 Å². The number of amides is 3. The second-order valence-corrected chi connectivity index (χ2v) is 12.9. The highest BCUT2D eigenvalue weighted by Gasteiger charge is 2.58. The molecule has 2 aromatic heterocycles. The van der Waals surface area contributed by atoms with Crippen molar-refractivity contribution in [2.75, 3.05) is 4.90 Å². The predicted octanol–water partition coefficient (Wildman–Crippen LogP) is 3.29. The molecule has 1 aliphatic heterocycles. The Morgan fingerprint density at radius 3 is 2.31 bits per heavy atom. The van der Waals surface area contributed by atoms with E-state index in [4.69, 9.17) is 23.2 Å². The molecule has 2 aliphatic carbocycles. The van der Waals surface area contributed by atoms with Gasteiger partial charge in [0.15, 0.2) is 5.82 Å². The quantitative estimate of drug-likeness (QED) is 0.295. The molecule has 15 heteroatoms. The van der Waals surface area contributed by atoms with Crippen LogP contribution in [0.1, 0.15) is 60.0 Å². The summed E-state index contributed by atoms with van der Waals surface area (Å²) < 4.78 is 1.59. The Kier molecular flexibility index (Phi) is 6.51. The fraction of sp³-hybridized carbons (Fsp3) is 0.333. The molecule has 2 aromatic carbocycles. The minimum atomic E-state index is -1.31. The van der Waals surface area contributed by atoms with E-state index in [9.17, 15) is 19.6 Å². The van der Waals surface area contributed by atoms with Crippen LogP contribution < -0.4 is 15.5 Å². The molecule has 4 aromatic rings. The van der Waals surface area contributed by atoms with Crippen LogP contribution >= 0.6 is 23.2 Å². The molecule has 0 spiro atoms. The van der Waals surface area contributed by atoms with E-state index >= 15 is 0 Å². The van der Waals surface area contributed by atoms with Crippen molar-refractivity contribution in [3.63, 3.8) is 0 Å². The summed E-state index contributed by atoms with van der Waals surface area (Å²) in [7, 11) is 1.66. The average Bonchev–Trinajstić information content (AvgIpc) is 3.84. The van der Waals surface area contributed by atoms with E-state index in [0.29, 0.717) is 52.8 Å². The molecule has 228 valence electrons. The van der Waals surface area contributed by atoms with Gasteiger partial charge in [-0.3, -0.25) is 19.0 Å². The van der Waals surface area contributed by atoms with E-state index < -0.39 is 22.5 Å². The van der Waals surface area contributed by atoms with Crippen LogP contribution in [0.4, 0.5) is 11.6 Å². The van der Waals surface area contributed by atoms with Gasteiger partial charge in [0.2, 0.25) is 11.9 Å². The van der Waals surface area contributed by atoms with Crippen LogP contribution in [0.15, 0.2) is 48.7 Å². The molecule has 3 amide bonds. The fourth-order valence-corrected chi connectivity index (χ4v) is 6.40. The van der Waals surface area contributed by atoms with Gasteiger partial charge in [0.1, 0.15) is 22.3 Å². The SMILES string of the molecule is Cn1nnc(C2(NC(=O)C3(NC(=O)c4cnc5n4[C@](C)(Cc4ccc(C#N)cc4)C(=O)N5c4cc(Cl)cc(Cl)c4)CC3)CC2)n1. The van der Waals surface area contributed by atoms with E-state index in [1.165, 1.54) is 15.9 Å². The van der Waals surface area contributed by atoms with Gasteiger partial charge in [-0.2, -0.15) is 10.1 Å². The van der Waals surface area contributed by atoms with Gasteiger partial charge in [-0.05, 0) is 73.7 Å². The van der Waals surface area contributed by atoms with E-state index in [0.717, 1.165) is 5.56 Å². The third kappa shape index (κ3) is 4.81. The summed E-state index contributed by atoms with van der Waals surface area (Å²) in [5, 5.41) is 28.1. The van der Waals surface area contributed by atoms with Crippen LogP contribution in [0.2, 0.25) is 10.0 Å². The Hall–Kier alpha value is -4.80. The second-order valence-electron chi connectivity index (χ2n) is 12.0. The van der Waals surface area contributed by atoms with Crippen LogP contribution in [0.5, 0.6) is 0 Å². The number of tetrazole rings is 1. The number of anilines is 2. The van der Waals surface area contributed by atoms with Crippen molar-refractivity contribution in [1.29, 1.82) is 5.26 Å². The van der Waals surface area contributed by atoms with Gasteiger partial charge in [-0.1, -0.05) is 35.3 Å². The summed E-state index contributed by atoms with van der Waals surface area (Å²) in [6.07, 6.45) is 3.82. The van der Waals surface area contributed by atoms with E-state index in [1.807, 2.05) is 0 Å². The number of rotatable bonds is 8. The highest BCUT2D eigenvalue weighted by atomic mass is 35.5. The minimum Gasteiger partial charge on any atom is -0.341 e. The zero-order valence-corrected chi connectivity index (χ0v) is 25.7. The number of halogens is 2. The van der Waals surface area contributed by atoms with Crippen LogP contribution in [0, 0.1) is 11.3 Å². The number of imidazole rings is 1. The van der Waals surface area contributed by atoms with Crippen LogP contribution in [-0.4, -0.2) is 53.0 Å². The lowest BCUT2D eigenvalue weighted by Gasteiger charge is -2.27. The van der Waals surface area contributed by atoms with Crippen molar-refractivity contribution < 1.29 is 14.4 Å². The highest BCUT2D eigenvalue weighted by molar-refractivity contribution is 6.35. The lowest BCUT2D eigenvalue weighted by Crippen LogP contribution is -2.52. The first kappa shape index (κ1) is 28.9. The molecular weight excluding hydrogens is 619 g/mol. The molecule has 2 N–H and O–H groups in total. The van der Waals surface area contributed by atoms with E-state index in [2.05, 4.69) is 37.1 Å². The normalized spacial score (nSPS) is 20.3. The molecule has 0 unspecified atom stereocenters. The summed E-state index contributed by atoms with van der Waals surface area (Å²) >= 11 is 12.6. The third-order valence-corrected chi connectivity index (χ3v) is 9.08. The lowest BCUT2D eigenvalue weighted by atomic mass is 9.91. The Morgan fingerprint density at radius 2 is 1.73 bits per heavy atom. The van der Waals surface area contributed by atoms with Gasteiger partial charge >= 0.3 is 0 Å². The molecule has 0 bridgehead atoms.